The quantitative estimate of drug-likeness (QED) is 0.624. The van der Waals surface area contributed by atoms with Crippen LogP contribution in [0.1, 0.15) is 30.0 Å². The van der Waals surface area contributed by atoms with Gasteiger partial charge in [0.15, 0.2) is 0 Å². The van der Waals surface area contributed by atoms with Crippen LogP contribution in [0.2, 0.25) is 0 Å². The van der Waals surface area contributed by atoms with Crippen LogP contribution < -0.4 is 16.4 Å². The summed E-state index contributed by atoms with van der Waals surface area (Å²) in [7, 11) is 0. The largest absolute Gasteiger partial charge is 0.390 e. The summed E-state index contributed by atoms with van der Waals surface area (Å²) in [6.07, 6.45) is 0.404. The van der Waals surface area contributed by atoms with Crippen LogP contribution in [0.3, 0.4) is 0 Å². The van der Waals surface area contributed by atoms with Crippen LogP contribution in [0.5, 0.6) is 0 Å². The van der Waals surface area contributed by atoms with E-state index < -0.39 is 24.2 Å². The first-order valence-electron chi connectivity index (χ1n) is 7.79. The molecule has 7 heteroatoms. The van der Waals surface area contributed by atoms with Gasteiger partial charge in [-0.15, -0.1) is 0 Å². The molecule has 7 nitrogen and oxygen atoms in total. The predicted octanol–water partition coefficient (Wildman–Crippen LogP) is -0.0232. The summed E-state index contributed by atoms with van der Waals surface area (Å²) in [5.74, 6) is -0.470. The Morgan fingerprint density at radius 3 is 2.83 bits per heavy atom. The van der Waals surface area contributed by atoms with E-state index in [-0.39, 0.29) is 12.1 Å². The Balaban J connectivity index is 1.50. The molecule has 4 unspecified atom stereocenters. The van der Waals surface area contributed by atoms with Crippen molar-refractivity contribution >= 4 is 11.9 Å². The van der Waals surface area contributed by atoms with Crippen molar-refractivity contribution in [3.8, 4) is 0 Å². The van der Waals surface area contributed by atoms with Gasteiger partial charge in [-0.1, -0.05) is 24.3 Å². The van der Waals surface area contributed by atoms with E-state index in [1.54, 1.807) is 0 Å². The number of nitrogens with two attached hydrogens (primary N) is 1. The van der Waals surface area contributed by atoms with Crippen LogP contribution in [0.4, 0.5) is 4.79 Å². The number of benzene rings is 1. The van der Waals surface area contributed by atoms with Gasteiger partial charge >= 0.3 is 6.03 Å². The average Bonchev–Trinajstić information content (AvgIpc) is 3.11. The second-order valence-electron chi connectivity index (χ2n) is 6.03. The zero-order chi connectivity index (χ0) is 16.4. The number of fused-ring (bicyclic) bond motifs is 1. The molecule has 2 aliphatic rings. The molecule has 1 aliphatic carbocycles. The fourth-order valence-corrected chi connectivity index (χ4v) is 3.21. The molecule has 0 spiro atoms. The van der Waals surface area contributed by atoms with Crippen molar-refractivity contribution in [3.63, 3.8) is 0 Å². The predicted molar refractivity (Wildman–Crippen MR) is 82.5 cm³/mol. The highest BCUT2D eigenvalue weighted by molar-refractivity contribution is 5.79. The Kier molecular flexibility index (Phi) is 4.49. The first-order valence-corrected chi connectivity index (χ1v) is 7.79. The second kappa shape index (κ2) is 6.55. The second-order valence-corrected chi connectivity index (χ2v) is 6.03. The number of aliphatic hydroxyl groups excluding tert-OH is 1. The number of nitrogens with one attached hydrogen (secondary N) is 2. The third-order valence-electron chi connectivity index (χ3n) is 4.41. The first-order chi connectivity index (χ1) is 11.0. The van der Waals surface area contributed by atoms with Gasteiger partial charge in [0.2, 0.25) is 5.91 Å². The highest BCUT2D eigenvalue weighted by Gasteiger charge is 2.33. The minimum atomic E-state index is -0.625. The highest BCUT2D eigenvalue weighted by atomic mass is 16.5. The Morgan fingerprint density at radius 2 is 2.09 bits per heavy atom. The lowest BCUT2D eigenvalue weighted by Gasteiger charge is -2.19. The van der Waals surface area contributed by atoms with Crippen LogP contribution in [0, 0.1) is 0 Å². The molecule has 0 bridgehead atoms. The van der Waals surface area contributed by atoms with E-state index in [1.165, 1.54) is 0 Å². The average molecular weight is 319 g/mol. The molecule has 3 rings (SSSR count). The van der Waals surface area contributed by atoms with Gasteiger partial charge in [0, 0.05) is 13.0 Å². The fourth-order valence-electron chi connectivity index (χ4n) is 3.21. The van der Waals surface area contributed by atoms with E-state index in [4.69, 9.17) is 10.5 Å². The van der Waals surface area contributed by atoms with Gasteiger partial charge < -0.3 is 26.2 Å². The van der Waals surface area contributed by atoms with Crippen molar-refractivity contribution in [3.05, 3.63) is 35.4 Å². The molecule has 1 aliphatic heterocycles. The standard InChI is InChI=1S/C16H21N3O4/c17-15(21)13-6-5-10(23-13)8-18-16(22)19-14-11-4-2-1-3-9(11)7-12(14)20/h1-4,10,12-14,20H,5-8H2,(H2,17,21)(H2,18,19,22). The number of carbonyl (C=O) groups is 2. The molecule has 1 saturated heterocycles. The lowest BCUT2D eigenvalue weighted by atomic mass is 10.1. The Labute approximate surface area is 134 Å². The van der Waals surface area contributed by atoms with E-state index in [1.807, 2.05) is 24.3 Å². The van der Waals surface area contributed by atoms with E-state index in [0.717, 1.165) is 11.1 Å². The molecule has 23 heavy (non-hydrogen) atoms. The van der Waals surface area contributed by atoms with E-state index in [0.29, 0.717) is 25.8 Å². The van der Waals surface area contributed by atoms with Crippen molar-refractivity contribution in [2.45, 2.75) is 43.6 Å². The molecule has 5 N–H and O–H groups in total. The van der Waals surface area contributed by atoms with Gasteiger partial charge in [-0.3, -0.25) is 4.79 Å². The lowest BCUT2D eigenvalue weighted by Crippen LogP contribution is -2.43. The van der Waals surface area contributed by atoms with Crippen LogP contribution >= 0.6 is 0 Å². The molecule has 0 radical (unpaired) electrons. The molecule has 1 fully saturated rings. The molecule has 1 heterocycles. The number of primary amides is 1. The zero-order valence-electron chi connectivity index (χ0n) is 12.7. The van der Waals surface area contributed by atoms with Crippen molar-refractivity contribution in [1.29, 1.82) is 0 Å². The molecular weight excluding hydrogens is 298 g/mol. The molecule has 3 amide bonds. The molecule has 1 aromatic rings. The van der Waals surface area contributed by atoms with Gasteiger partial charge in [0.25, 0.3) is 0 Å². The van der Waals surface area contributed by atoms with Crippen LogP contribution in [-0.2, 0) is 16.0 Å². The number of aliphatic hydroxyl groups is 1. The van der Waals surface area contributed by atoms with Crippen LogP contribution in [-0.4, -0.2) is 41.9 Å². The van der Waals surface area contributed by atoms with E-state index in [2.05, 4.69) is 10.6 Å². The summed E-state index contributed by atoms with van der Waals surface area (Å²) in [4.78, 5) is 23.1. The van der Waals surface area contributed by atoms with Gasteiger partial charge in [0.05, 0.1) is 18.2 Å². The van der Waals surface area contributed by atoms with Crippen molar-refractivity contribution < 1.29 is 19.4 Å². The SMILES string of the molecule is NC(=O)C1CCC(CNC(=O)NC2c3ccccc3CC2O)O1. The zero-order valence-corrected chi connectivity index (χ0v) is 12.7. The summed E-state index contributed by atoms with van der Waals surface area (Å²) >= 11 is 0. The highest BCUT2D eigenvalue weighted by Crippen LogP contribution is 2.31. The van der Waals surface area contributed by atoms with E-state index in [9.17, 15) is 14.7 Å². The van der Waals surface area contributed by atoms with Crippen LogP contribution in [0.15, 0.2) is 24.3 Å². The van der Waals surface area contributed by atoms with E-state index >= 15 is 0 Å². The molecule has 124 valence electrons. The summed E-state index contributed by atoms with van der Waals surface area (Å²) < 4.78 is 5.45. The molecule has 0 aromatic heterocycles. The maximum Gasteiger partial charge on any atom is 0.315 e. The first kappa shape index (κ1) is 15.8. The fraction of sp³-hybridized carbons (Fsp3) is 0.500. The van der Waals surface area contributed by atoms with Gasteiger partial charge in [-0.25, -0.2) is 4.79 Å². The maximum absolute atomic E-state index is 12.0. The Morgan fingerprint density at radius 1 is 1.30 bits per heavy atom. The number of carbonyl (C=O) groups excluding carboxylic acids is 2. The summed E-state index contributed by atoms with van der Waals surface area (Å²) in [5.41, 5.74) is 7.19. The molecule has 0 saturated carbocycles. The van der Waals surface area contributed by atoms with Gasteiger partial charge in [-0.2, -0.15) is 0 Å². The third-order valence-corrected chi connectivity index (χ3v) is 4.41. The lowest BCUT2D eigenvalue weighted by molar-refractivity contribution is -0.128. The number of ether oxygens (including phenoxy) is 1. The molecule has 4 atom stereocenters. The van der Waals surface area contributed by atoms with Crippen molar-refractivity contribution in [2.75, 3.05) is 6.54 Å². The number of rotatable bonds is 4. The normalized spacial score (nSPS) is 29.1. The van der Waals surface area contributed by atoms with Crippen molar-refractivity contribution in [2.24, 2.45) is 5.73 Å². The Hall–Kier alpha value is -2.12. The van der Waals surface area contributed by atoms with Gasteiger partial charge in [-0.05, 0) is 24.0 Å². The monoisotopic (exact) mass is 319 g/mol. The number of hydrogen-bond donors (Lipinski definition) is 4. The number of hydrogen-bond acceptors (Lipinski definition) is 4. The third kappa shape index (κ3) is 3.46. The summed E-state index contributed by atoms with van der Waals surface area (Å²) in [5, 5.41) is 15.6. The molecule has 1 aromatic carbocycles. The van der Waals surface area contributed by atoms with Gasteiger partial charge in [0.1, 0.15) is 6.10 Å². The molecular formula is C16H21N3O4. The topological polar surface area (TPSA) is 114 Å². The minimum Gasteiger partial charge on any atom is -0.390 e. The Bertz CT molecular complexity index is 607. The number of urea groups is 1. The minimum absolute atomic E-state index is 0.209. The summed E-state index contributed by atoms with van der Waals surface area (Å²) in [6.45, 7) is 0.306. The summed E-state index contributed by atoms with van der Waals surface area (Å²) in [6, 6.07) is 6.90. The smallest absolute Gasteiger partial charge is 0.315 e. The van der Waals surface area contributed by atoms with Crippen molar-refractivity contribution in [1.82, 2.24) is 10.6 Å². The maximum atomic E-state index is 12.0. The number of amides is 3. The van der Waals surface area contributed by atoms with Crippen LogP contribution in [0.25, 0.3) is 0 Å².